The highest BCUT2D eigenvalue weighted by Crippen LogP contribution is 2.41. The second-order valence-electron chi connectivity index (χ2n) is 4.44. The summed E-state index contributed by atoms with van der Waals surface area (Å²) in [5.74, 6) is -1.51. The van der Waals surface area contributed by atoms with Gasteiger partial charge in [-0.1, -0.05) is 13.0 Å². The van der Waals surface area contributed by atoms with E-state index in [9.17, 15) is 14.4 Å². The first-order chi connectivity index (χ1) is 9.01. The van der Waals surface area contributed by atoms with E-state index < -0.39 is 17.4 Å². The maximum Gasteiger partial charge on any atom is 0.324 e. The molecule has 0 radical (unpaired) electrons. The molecule has 1 saturated carbocycles. The van der Waals surface area contributed by atoms with Crippen LogP contribution in [0.1, 0.15) is 40.0 Å². The Labute approximate surface area is 112 Å². The number of ketones is 1. The van der Waals surface area contributed by atoms with Gasteiger partial charge in [-0.15, -0.1) is 0 Å². The summed E-state index contributed by atoms with van der Waals surface area (Å²) in [6.07, 6.45) is 2.36. The zero-order valence-electron chi connectivity index (χ0n) is 11.7. The van der Waals surface area contributed by atoms with Crippen LogP contribution in [0.25, 0.3) is 0 Å². The Bertz CT molecular complexity index is 390. The van der Waals surface area contributed by atoms with E-state index in [1.165, 1.54) is 0 Å². The number of carbonyl (C=O) groups is 3. The summed E-state index contributed by atoms with van der Waals surface area (Å²) in [4.78, 5) is 36.1. The third-order valence-corrected chi connectivity index (χ3v) is 3.10. The smallest absolute Gasteiger partial charge is 0.324 e. The number of carbonyl (C=O) groups excluding carboxylic acids is 3. The van der Waals surface area contributed by atoms with Crippen LogP contribution < -0.4 is 0 Å². The molecule has 0 unspecified atom stereocenters. The highest BCUT2D eigenvalue weighted by Gasteiger charge is 2.55. The number of rotatable bonds is 5. The van der Waals surface area contributed by atoms with Crippen LogP contribution in [0, 0.1) is 5.41 Å². The van der Waals surface area contributed by atoms with Crippen molar-refractivity contribution in [3.8, 4) is 0 Å². The average molecular weight is 268 g/mol. The minimum absolute atomic E-state index is 0.0807. The summed E-state index contributed by atoms with van der Waals surface area (Å²) >= 11 is 0. The lowest BCUT2D eigenvalue weighted by Crippen LogP contribution is -2.40. The van der Waals surface area contributed by atoms with Gasteiger partial charge in [0.25, 0.3) is 0 Å². The molecular weight excluding hydrogens is 248 g/mol. The van der Waals surface area contributed by atoms with Crippen LogP contribution in [0.2, 0.25) is 0 Å². The van der Waals surface area contributed by atoms with Crippen molar-refractivity contribution in [2.24, 2.45) is 5.41 Å². The first-order valence-corrected chi connectivity index (χ1v) is 6.58. The normalized spacial score (nSPS) is 19.5. The molecule has 0 heterocycles. The van der Waals surface area contributed by atoms with Gasteiger partial charge < -0.3 is 9.47 Å². The van der Waals surface area contributed by atoms with Crippen LogP contribution in [0.4, 0.5) is 0 Å². The molecule has 0 bridgehead atoms. The molecule has 5 heteroatoms. The van der Waals surface area contributed by atoms with Crippen molar-refractivity contribution in [3.05, 3.63) is 11.6 Å². The number of ether oxygens (including phenoxy) is 2. The Hall–Kier alpha value is -1.65. The van der Waals surface area contributed by atoms with Crippen LogP contribution >= 0.6 is 0 Å². The van der Waals surface area contributed by atoms with E-state index in [4.69, 9.17) is 9.47 Å². The van der Waals surface area contributed by atoms with Crippen LogP contribution in [-0.4, -0.2) is 30.9 Å². The lowest BCUT2D eigenvalue weighted by molar-refractivity contribution is -0.171. The SMILES string of the molecule is CC/C=C1/CC(C(=O)OCC)(C(=O)OCC)CC1=O. The van der Waals surface area contributed by atoms with E-state index in [0.29, 0.717) is 12.0 Å². The summed E-state index contributed by atoms with van der Waals surface area (Å²) in [7, 11) is 0. The quantitative estimate of drug-likeness (QED) is 0.432. The van der Waals surface area contributed by atoms with Gasteiger partial charge in [-0.25, -0.2) is 0 Å². The van der Waals surface area contributed by atoms with Crippen molar-refractivity contribution in [1.29, 1.82) is 0 Å². The number of esters is 2. The molecule has 1 rings (SSSR count). The second-order valence-corrected chi connectivity index (χ2v) is 4.44. The molecule has 0 aromatic heterocycles. The van der Waals surface area contributed by atoms with Gasteiger partial charge in [0, 0.05) is 12.8 Å². The summed E-state index contributed by atoms with van der Waals surface area (Å²) < 4.78 is 9.90. The Morgan fingerprint density at radius 3 is 2.05 bits per heavy atom. The molecule has 0 aromatic carbocycles. The molecule has 0 aliphatic heterocycles. The minimum atomic E-state index is -1.48. The van der Waals surface area contributed by atoms with Gasteiger partial charge in [-0.2, -0.15) is 0 Å². The van der Waals surface area contributed by atoms with Gasteiger partial charge in [0.1, 0.15) is 0 Å². The van der Waals surface area contributed by atoms with E-state index in [0.717, 1.165) is 0 Å². The fourth-order valence-corrected chi connectivity index (χ4v) is 2.22. The number of allylic oxidation sites excluding steroid dienone is 2. The molecule has 0 saturated heterocycles. The molecule has 1 aliphatic rings. The predicted molar refractivity (Wildman–Crippen MR) is 68.3 cm³/mol. The Morgan fingerprint density at radius 2 is 1.63 bits per heavy atom. The highest BCUT2D eigenvalue weighted by atomic mass is 16.6. The van der Waals surface area contributed by atoms with Crippen molar-refractivity contribution in [1.82, 2.24) is 0 Å². The van der Waals surface area contributed by atoms with Gasteiger partial charge in [0.2, 0.25) is 0 Å². The van der Waals surface area contributed by atoms with Gasteiger partial charge in [-0.05, 0) is 25.8 Å². The molecule has 19 heavy (non-hydrogen) atoms. The molecule has 0 aromatic rings. The molecule has 106 valence electrons. The number of hydrogen-bond acceptors (Lipinski definition) is 5. The molecule has 0 N–H and O–H groups in total. The Balaban J connectivity index is 3.09. The number of Topliss-reactive ketones (excluding diaryl/α,β-unsaturated/α-hetero) is 1. The van der Waals surface area contributed by atoms with E-state index in [1.54, 1.807) is 19.9 Å². The second kappa shape index (κ2) is 6.50. The molecule has 0 spiro atoms. The van der Waals surface area contributed by atoms with Crippen LogP contribution in [0.5, 0.6) is 0 Å². The minimum Gasteiger partial charge on any atom is -0.465 e. The van der Waals surface area contributed by atoms with Crippen molar-refractivity contribution in [3.63, 3.8) is 0 Å². The molecule has 1 fully saturated rings. The third kappa shape index (κ3) is 3.03. The lowest BCUT2D eigenvalue weighted by Gasteiger charge is -2.22. The highest BCUT2D eigenvalue weighted by molar-refractivity contribution is 6.12. The first kappa shape index (κ1) is 15.4. The van der Waals surface area contributed by atoms with Gasteiger partial charge >= 0.3 is 11.9 Å². The lowest BCUT2D eigenvalue weighted by atomic mass is 9.86. The molecule has 1 aliphatic carbocycles. The van der Waals surface area contributed by atoms with Gasteiger partial charge in [-0.3, -0.25) is 14.4 Å². The van der Waals surface area contributed by atoms with Crippen LogP contribution in [-0.2, 0) is 23.9 Å². The summed E-state index contributed by atoms with van der Waals surface area (Å²) in [6.45, 7) is 5.56. The Kier molecular flexibility index (Phi) is 5.27. The first-order valence-electron chi connectivity index (χ1n) is 6.58. The summed E-state index contributed by atoms with van der Waals surface area (Å²) in [5.41, 5.74) is -0.965. The summed E-state index contributed by atoms with van der Waals surface area (Å²) in [5, 5.41) is 0. The fourth-order valence-electron chi connectivity index (χ4n) is 2.22. The van der Waals surface area contributed by atoms with E-state index in [2.05, 4.69) is 0 Å². The van der Waals surface area contributed by atoms with E-state index >= 15 is 0 Å². The molecular formula is C14H20O5. The topological polar surface area (TPSA) is 69.7 Å². The van der Waals surface area contributed by atoms with Crippen molar-refractivity contribution in [2.45, 2.75) is 40.0 Å². The van der Waals surface area contributed by atoms with Gasteiger partial charge in [0.05, 0.1) is 13.2 Å². The standard InChI is InChI=1S/C14H20O5/c1-4-7-10-8-14(9-11(10)15,12(16)18-5-2)13(17)19-6-3/h7H,4-6,8-9H2,1-3H3/b10-7-. The molecule has 0 atom stereocenters. The summed E-state index contributed by atoms with van der Waals surface area (Å²) in [6, 6.07) is 0. The maximum absolute atomic E-state index is 12.1. The largest absolute Gasteiger partial charge is 0.465 e. The Morgan fingerprint density at radius 1 is 1.11 bits per heavy atom. The van der Waals surface area contributed by atoms with Crippen LogP contribution in [0.3, 0.4) is 0 Å². The van der Waals surface area contributed by atoms with Crippen molar-refractivity contribution >= 4 is 17.7 Å². The third-order valence-electron chi connectivity index (χ3n) is 3.10. The van der Waals surface area contributed by atoms with Gasteiger partial charge in [0.15, 0.2) is 11.2 Å². The fraction of sp³-hybridized carbons (Fsp3) is 0.643. The molecule has 5 nitrogen and oxygen atoms in total. The monoisotopic (exact) mass is 268 g/mol. The van der Waals surface area contributed by atoms with Crippen molar-refractivity contribution in [2.75, 3.05) is 13.2 Å². The zero-order valence-corrected chi connectivity index (χ0v) is 11.7. The number of hydrogen-bond donors (Lipinski definition) is 0. The van der Waals surface area contributed by atoms with E-state index in [1.807, 2.05) is 6.92 Å². The zero-order chi connectivity index (χ0) is 14.5. The van der Waals surface area contributed by atoms with Crippen LogP contribution in [0.15, 0.2) is 11.6 Å². The van der Waals surface area contributed by atoms with E-state index in [-0.39, 0.29) is 31.8 Å². The average Bonchev–Trinajstić information content (AvgIpc) is 2.69. The predicted octanol–water partition coefficient (Wildman–Crippen LogP) is 1.80. The molecule has 0 amide bonds. The van der Waals surface area contributed by atoms with Crippen molar-refractivity contribution < 1.29 is 23.9 Å². The maximum atomic E-state index is 12.1.